The second-order valence-electron chi connectivity index (χ2n) is 4.79. The Balaban J connectivity index is 0.00000220. The van der Waals surface area contributed by atoms with Crippen LogP contribution in [0.5, 0.6) is 0 Å². The van der Waals surface area contributed by atoms with E-state index in [0.29, 0.717) is 6.54 Å². The van der Waals surface area contributed by atoms with Crippen molar-refractivity contribution in [2.24, 2.45) is 5.73 Å². The van der Waals surface area contributed by atoms with Crippen LogP contribution in [0.3, 0.4) is 0 Å². The normalized spacial score (nSPS) is 10.1. The first-order valence-electron chi connectivity index (χ1n) is 7.08. The molecule has 2 aromatic rings. The SMILES string of the molecule is CCN(CC)c1nc(CN)cc(-c2ccc(C)cc2)n1.Cl. The third-order valence-electron chi connectivity index (χ3n) is 3.37. The van der Waals surface area contributed by atoms with Crippen LogP contribution in [0.2, 0.25) is 0 Å². The van der Waals surface area contributed by atoms with Crippen molar-refractivity contribution in [2.75, 3.05) is 18.0 Å². The Kier molecular flexibility index (Phi) is 6.59. The lowest BCUT2D eigenvalue weighted by Gasteiger charge is -2.19. The zero-order chi connectivity index (χ0) is 14.5. The molecule has 0 fully saturated rings. The van der Waals surface area contributed by atoms with Crippen molar-refractivity contribution >= 4 is 18.4 Å². The molecule has 4 nitrogen and oxygen atoms in total. The molecular weight excluding hydrogens is 284 g/mol. The summed E-state index contributed by atoms with van der Waals surface area (Å²) in [6.07, 6.45) is 0. The van der Waals surface area contributed by atoms with Gasteiger partial charge in [0.1, 0.15) is 0 Å². The number of anilines is 1. The van der Waals surface area contributed by atoms with Gasteiger partial charge in [0.15, 0.2) is 0 Å². The molecule has 0 saturated heterocycles. The summed E-state index contributed by atoms with van der Waals surface area (Å²) in [5.41, 5.74) is 9.91. The van der Waals surface area contributed by atoms with Crippen LogP contribution in [0.1, 0.15) is 25.1 Å². The maximum absolute atomic E-state index is 5.76. The number of hydrogen-bond donors (Lipinski definition) is 1. The van der Waals surface area contributed by atoms with Crippen LogP contribution < -0.4 is 10.6 Å². The van der Waals surface area contributed by atoms with Gasteiger partial charge in [-0.1, -0.05) is 29.8 Å². The summed E-state index contributed by atoms with van der Waals surface area (Å²) in [7, 11) is 0. The number of halogens is 1. The molecule has 0 unspecified atom stereocenters. The molecule has 1 heterocycles. The van der Waals surface area contributed by atoms with E-state index in [1.165, 1.54) is 5.56 Å². The summed E-state index contributed by atoms with van der Waals surface area (Å²) >= 11 is 0. The Labute approximate surface area is 132 Å². The van der Waals surface area contributed by atoms with Gasteiger partial charge in [0.05, 0.1) is 11.4 Å². The summed E-state index contributed by atoms with van der Waals surface area (Å²) in [6.45, 7) is 8.49. The Morgan fingerprint density at radius 3 is 2.19 bits per heavy atom. The zero-order valence-electron chi connectivity index (χ0n) is 12.8. The fourth-order valence-electron chi connectivity index (χ4n) is 2.11. The highest BCUT2D eigenvalue weighted by Crippen LogP contribution is 2.21. The van der Waals surface area contributed by atoms with Crippen molar-refractivity contribution in [1.82, 2.24) is 9.97 Å². The smallest absolute Gasteiger partial charge is 0.226 e. The first-order chi connectivity index (χ1) is 9.67. The van der Waals surface area contributed by atoms with Crippen molar-refractivity contribution in [3.8, 4) is 11.3 Å². The Hall–Kier alpha value is -1.65. The van der Waals surface area contributed by atoms with Crippen molar-refractivity contribution in [3.63, 3.8) is 0 Å². The molecule has 2 rings (SSSR count). The molecule has 0 radical (unpaired) electrons. The van der Waals surface area contributed by atoms with Crippen LogP contribution in [0, 0.1) is 6.92 Å². The number of nitrogens with two attached hydrogens (primary N) is 1. The lowest BCUT2D eigenvalue weighted by molar-refractivity contribution is 0.809. The van der Waals surface area contributed by atoms with Gasteiger partial charge in [-0.25, -0.2) is 9.97 Å². The van der Waals surface area contributed by atoms with E-state index in [1.807, 2.05) is 6.07 Å². The number of rotatable bonds is 5. The minimum atomic E-state index is 0. The van der Waals surface area contributed by atoms with Gasteiger partial charge in [0.25, 0.3) is 0 Å². The topological polar surface area (TPSA) is 55.0 Å². The van der Waals surface area contributed by atoms with Gasteiger partial charge in [0.2, 0.25) is 5.95 Å². The van der Waals surface area contributed by atoms with Gasteiger partial charge in [-0.2, -0.15) is 0 Å². The third-order valence-corrected chi connectivity index (χ3v) is 3.37. The van der Waals surface area contributed by atoms with E-state index in [0.717, 1.165) is 36.0 Å². The molecule has 1 aromatic heterocycles. The summed E-state index contributed by atoms with van der Waals surface area (Å²) in [5.74, 6) is 0.758. The van der Waals surface area contributed by atoms with Crippen molar-refractivity contribution in [1.29, 1.82) is 0 Å². The van der Waals surface area contributed by atoms with Crippen molar-refractivity contribution in [2.45, 2.75) is 27.3 Å². The van der Waals surface area contributed by atoms with E-state index in [4.69, 9.17) is 5.73 Å². The van der Waals surface area contributed by atoms with Gasteiger partial charge in [0, 0.05) is 25.2 Å². The van der Waals surface area contributed by atoms with E-state index >= 15 is 0 Å². The van der Waals surface area contributed by atoms with E-state index in [1.54, 1.807) is 0 Å². The van der Waals surface area contributed by atoms with Crippen LogP contribution >= 0.6 is 12.4 Å². The Morgan fingerprint density at radius 2 is 1.67 bits per heavy atom. The van der Waals surface area contributed by atoms with E-state index in [-0.39, 0.29) is 12.4 Å². The fourth-order valence-corrected chi connectivity index (χ4v) is 2.11. The quantitative estimate of drug-likeness (QED) is 0.922. The number of aromatic nitrogens is 2. The lowest BCUT2D eigenvalue weighted by atomic mass is 10.1. The molecule has 21 heavy (non-hydrogen) atoms. The summed E-state index contributed by atoms with van der Waals surface area (Å²) in [6, 6.07) is 10.3. The zero-order valence-corrected chi connectivity index (χ0v) is 13.7. The molecule has 0 aliphatic heterocycles. The maximum Gasteiger partial charge on any atom is 0.226 e. The van der Waals surface area contributed by atoms with Gasteiger partial charge in [-0.05, 0) is 26.8 Å². The number of benzene rings is 1. The van der Waals surface area contributed by atoms with Crippen LogP contribution in [0.4, 0.5) is 5.95 Å². The first kappa shape index (κ1) is 17.4. The maximum atomic E-state index is 5.76. The number of hydrogen-bond acceptors (Lipinski definition) is 4. The molecule has 0 aliphatic carbocycles. The first-order valence-corrected chi connectivity index (χ1v) is 7.08. The van der Waals surface area contributed by atoms with E-state index in [9.17, 15) is 0 Å². The molecule has 0 bridgehead atoms. The number of nitrogens with zero attached hydrogens (tertiary/aromatic N) is 3. The monoisotopic (exact) mass is 306 g/mol. The average molecular weight is 307 g/mol. The van der Waals surface area contributed by atoms with Crippen LogP contribution in [-0.4, -0.2) is 23.1 Å². The molecule has 0 spiro atoms. The predicted molar refractivity (Wildman–Crippen MR) is 90.9 cm³/mol. The second kappa shape index (κ2) is 7.96. The lowest BCUT2D eigenvalue weighted by Crippen LogP contribution is -2.25. The van der Waals surface area contributed by atoms with Gasteiger partial charge in [-0.3, -0.25) is 0 Å². The average Bonchev–Trinajstić information content (AvgIpc) is 2.49. The standard InChI is InChI=1S/C16H22N4.ClH/c1-4-20(5-2)16-18-14(11-17)10-15(19-16)13-8-6-12(3)7-9-13;/h6-10H,4-5,11,17H2,1-3H3;1H. The highest BCUT2D eigenvalue weighted by molar-refractivity contribution is 5.85. The molecule has 5 heteroatoms. The minimum absolute atomic E-state index is 0. The van der Waals surface area contributed by atoms with Crippen molar-refractivity contribution in [3.05, 3.63) is 41.6 Å². The second-order valence-corrected chi connectivity index (χ2v) is 4.79. The summed E-state index contributed by atoms with van der Waals surface area (Å²) < 4.78 is 0. The third kappa shape index (κ3) is 4.16. The largest absolute Gasteiger partial charge is 0.341 e. The highest BCUT2D eigenvalue weighted by Gasteiger charge is 2.10. The molecular formula is C16H23ClN4. The van der Waals surface area contributed by atoms with Gasteiger partial charge in [-0.15, -0.1) is 12.4 Å². The molecule has 0 atom stereocenters. The predicted octanol–water partition coefficient (Wildman–Crippen LogP) is 3.18. The Morgan fingerprint density at radius 1 is 1.05 bits per heavy atom. The van der Waals surface area contributed by atoms with E-state index in [2.05, 4.69) is 59.9 Å². The molecule has 0 amide bonds. The summed E-state index contributed by atoms with van der Waals surface area (Å²) in [5, 5.41) is 0. The molecule has 1 aromatic carbocycles. The molecule has 2 N–H and O–H groups in total. The van der Waals surface area contributed by atoms with Crippen molar-refractivity contribution < 1.29 is 0 Å². The highest BCUT2D eigenvalue weighted by atomic mass is 35.5. The fraction of sp³-hybridized carbons (Fsp3) is 0.375. The van der Waals surface area contributed by atoms with E-state index < -0.39 is 0 Å². The number of aryl methyl sites for hydroxylation is 1. The molecule has 0 aliphatic rings. The molecule has 114 valence electrons. The minimum Gasteiger partial charge on any atom is -0.341 e. The van der Waals surface area contributed by atoms with Gasteiger partial charge < -0.3 is 10.6 Å². The van der Waals surface area contributed by atoms with Gasteiger partial charge >= 0.3 is 0 Å². The molecule has 0 saturated carbocycles. The van der Waals surface area contributed by atoms with Crippen LogP contribution in [0.25, 0.3) is 11.3 Å². The Bertz CT molecular complexity index is 565. The van der Waals surface area contributed by atoms with Crippen LogP contribution in [-0.2, 0) is 6.54 Å². The summed E-state index contributed by atoms with van der Waals surface area (Å²) in [4.78, 5) is 11.3. The van der Waals surface area contributed by atoms with Crippen LogP contribution in [0.15, 0.2) is 30.3 Å².